The summed E-state index contributed by atoms with van der Waals surface area (Å²) >= 11 is 0. The van der Waals surface area contributed by atoms with Crippen LogP contribution < -0.4 is 5.32 Å². The monoisotopic (exact) mass is 330 g/mol. The van der Waals surface area contributed by atoms with E-state index in [0.29, 0.717) is 17.9 Å². The van der Waals surface area contributed by atoms with Gasteiger partial charge in [-0.15, -0.1) is 0 Å². The van der Waals surface area contributed by atoms with E-state index in [1.807, 2.05) is 31.2 Å². The second kappa shape index (κ2) is 7.36. The Morgan fingerprint density at radius 1 is 1.38 bits per heavy atom. The van der Waals surface area contributed by atoms with Crippen LogP contribution in [0.25, 0.3) is 11.0 Å². The molecule has 130 valence electrons. The highest BCUT2D eigenvalue weighted by molar-refractivity contribution is 5.98. The molecular weight excluding hydrogens is 304 g/mol. The van der Waals surface area contributed by atoms with Gasteiger partial charge in [0, 0.05) is 24.0 Å². The van der Waals surface area contributed by atoms with Crippen molar-refractivity contribution in [2.45, 2.75) is 32.8 Å². The third-order valence-electron chi connectivity index (χ3n) is 4.89. The highest BCUT2D eigenvalue weighted by Crippen LogP contribution is 2.24. The maximum Gasteiger partial charge on any atom is 0.287 e. The fourth-order valence-corrected chi connectivity index (χ4v) is 3.29. The fraction of sp³-hybridized carbons (Fsp3) is 0.526. The number of para-hydroxylation sites is 1. The topological polar surface area (TPSA) is 65.7 Å². The minimum atomic E-state index is -0.563. The summed E-state index contributed by atoms with van der Waals surface area (Å²) in [7, 11) is 0. The van der Waals surface area contributed by atoms with Crippen LogP contribution in [-0.2, 0) is 0 Å². The van der Waals surface area contributed by atoms with Crippen molar-refractivity contribution in [1.29, 1.82) is 0 Å². The van der Waals surface area contributed by atoms with E-state index in [1.165, 1.54) is 12.8 Å². The maximum atomic E-state index is 12.3. The second-order valence-electron chi connectivity index (χ2n) is 6.90. The normalized spacial score (nSPS) is 18.0. The van der Waals surface area contributed by atoms with Crippen LogP contribution in [0.3, 0.4) is 0 Å². The number of likely N-dealkylation sites (tertiary alicyclic amines) is 1. The second-order valence-corrected chi connectivity index (χ2v) is 6.90. The summed E-state index contributed by atoms with van der Waals surface area (Å²) in [5.41, 5.74) is 1.55. The van der Waals surface area contributed by atoms with Crippen molar-refractivity contribution in [2.24, 2.45) is 5.92 Å². The molecule has 2 aromatic rings. The molecule has 0 aliphatic carbocycles. The Morgan fingerprint density at radius 2 is 2.08 bits per heavy atom. The minimum Gasteiger partial charge on any atom is -0.451 e. The molecule has 1 aliphatic rings. The number of β-amino-alcohol motifs (C(OH)–C–C–N with tert-alkyl or cyclic N) is 1. The van der Waals surface area contributed by atoms with Crippen LogP contribution in [0.2, 0.25) is 0 Å². The lowest BCUT2D eigenvalue weighted by molar-refractivity contribution is 0.0780. The summed E-state index contributed by atoms with van der Waals surface area (Å²) in [6, 6.07) is 7.61. The van der Waals surface area contributed by atoms with Crippen LogP contribution in [0.15, 0.2) is 28.7 Å². The number of aryl methyl sites for hydroxylation is 1. The van der Waals surface area contributed by atoms with Gasteiger partial charge < -0.3 is 19.7 Å². The Hall–Kier alpha value is -1.85. The summed E-state index contributed by atoms with van der Waals surface area (Å²) < 4.78 is 5.65. The number of aliphatic hydroxyl groups is 1. The molecule has 5 nitrogen and oxygen atoms in total. The van der Waals surface area contributed by atoms with E-state index < -0.39 is 6.10 Å². The Balaban J connectivity index is 1.53. The average molecular weight is 330 g/mol. The van der Waals surface area contributed by atoms with Crippen molar-refractivity contribution >= 4 is 16.9 Å². The van der Waals surface area contributed by atoms with E-state index in [9.17, 15) is 9.90 Å². The van der Waals surface area contributed by atoms with Gasteiger partial charge in [0.2, 0.25) is 0 Å². The van der Waals surface area contributed by atoms with Gasteiger partial charge in [-0.3, -0.25) is 4.79 Å². The summed E-state index contributed by atoms with van der Waals surface area (Å²) in [4.78, 5) is 14.6. The van der Waals surface area contributed by atoms with Crippen molar-refractivity contribution in [2.75, 3.05) is 26.2 Å². The van der Waals surface area contributed by atoms with Gasteiger partial charge in [-0.05, 0) is 44.8 Å². The summed E-state index contributed by atoms with van der Waals surface area (Å²) in [5, 5.41) is 13.9. The molecule has 24 heavy (non-hydrogen) atoms. The number of hydrogen-bond acceptors (Lipinski definition) is 4. The lowest BCUT2D eigenvalue weighted by atomic mass is 9.99. The first kappa shape index (κ1) is 17.0. The number of amides is 1. The Morgan fingerprint density at radius 3 is 2.79 bits per heavy atom. The van der Waals surface area contributed by atoms with Crippen LogP contribution in [0, 0.1) is 12.8 Å². The van der Waals surface area contributed by atoms with Gasteiger partial charge in [-0.25, -0.2) is 0 Å². The maximum absolute atomic E-state index is 12.3. The molecule has 1 aromatic heterocycles. The minimum absolute atomic E-state index is 0.237. The van der Waals surface area contributed by atoms with Gasteiger partial charge in [0.15, 0.2) is 5.76 Å². The highest BCUT2D eigenvalue weighted by atomic mass is 16.3. The third kappa shape index (κ3) is 3.79. The Bertz CT molecular complexity index is 702. The molecule has 0 radical (unpaired) electrons. The van der Waals surface area contributed by atoms with Gasteiger partial charge in [-0.1, -0.05) is 25.1 Å². The van der Waals surface area contributed by atoms with Gasteiger partial charge >= 0.3 is 0 Å². The molecule has 2 heterocycles. The molecule has 1 aromatic carbocycles. The molecule has 1 aliphatic heterocycles. The molecule has 3 rings (SSSR count). The standard InChI is InChI=1S/C19H26N2O3/c1-13-7-9-21(10-8-13)12-15(22)11-20-19(23)18-14(2)16-5-3-4-6-17(16)24-18/h3-6,13,15,22H,7-12H2,1-2H3,(H,20,23). The van der Waals surface area contributed by atoms with E-state index >= 15 is 0 Å². The van der Waals surface area contributed by atoms with Crippen molar-refractivity contribution in [3.8, 4) is 0 Å². The SMILES string of the molecule is Cc1c(C(=O)NCC(O)CN2CCC(C)CC2)oc2ccccc12. The predicted molar refractivity (Wildman–Crippen MR) is 94.1 cm³/mol. The van der Waals surface area contributed by atoms with Crippen LogP contribution in [0.1, 0.15) is 35.9 Å². The van der Waals surface area contributed by atoms with Crippen LogP contribution in [0.4, 0.5) is 0 Å². The molecule has 1 amide bonds. The molecule has 2 N–H and O–H groups in total. The van der Waals surface area contributed by atoms with E-state index in [2.05, 4.69) is 17.1 Å². The zero-order valence-electron chi connectivity index (χ0n) is 14.4. The van der Waals surface area contributed by atoms with Crippen LogP contribution in [-0.4, -0.2) is 48.2 Å². The number of piperidine rings is 1. The summed E-state index contributed by atoms with van der Waals surface area (Å²) in [6.07, 6.45) is 1.79. The molecule has 0 spiro atoms. The van der Waals surface area contributed by atoms with Gasteiger partial charge in [0.05, 0.1) is 6.10 Å². The molecular formula is C19H26N2O3. The van der Waals surface area contributed by atoms with Gasteiger partial charge in [0.1, 0.15) is 5.58 Å². The molecule has 1 fully saturated rings. The van der Waals surface area contributed by atoms with Crippen molar-refractivity contribution < 1.29 is 14.3 Å². The highest BCUT2D eigenvalue weighted by Gasteiger charge is 2.21. The quantitative estimate of drug-likeness (QED) is 0.884. The number of rotatable bonds is 5. The van der Waals surface area contributed by atoms with Crippen molar-refractivity contribution in [3.63, 3.8) is 0 Å². The zero-order chi connectivity index (χ0) is 17.1. The number of fused-ring (bicyclic) bond motifs is 1. The molecule has 0 saturated carbocycles. The molecule has 0 bridgehead atoms. The lowest BCUT2D eigenvalue weighted by Crippen LogP contribution is -2.43. The number of nitrogens with zero attached hydrogens (tertiary/aromatic N) is 1. The first-order valence-corrected chi connectivity index (χ1v) is 8.71. The molecule has 1 saturated heterocycles. The van der Waals surface area contributed by atoms with Crippen LogP contribution >= 0.6 is 0 Å². The Kier molecular flexibility index (Phi) is 5.21. The smallest absolute Gasteiger partial charge is 0.287 e. The fourth-order valence-electron chi connectivity index (χ4n) is 3.29. The number of aliphatic hydroxyl groups excluding tert-OH is 1. The number of nitrogens with one attached hydrogen (secondary N) is 1. The number of carbonyl (C=O) groups excluding carboxylic acids is 1. The number of carbonyl (C=O) groups is 1. The number of hydrogen-bond donors (Lipinski definition) is 2. The lowest BCUT2D eigenvalue weighted by Gasteiger charge is -2.31. The molecule has 1 unspecified atom stereocenters. The van der Waals surface area contributed by atoms with E-state index in [0.717, 1.165) is 30.0 Å². The van der Waals surface area contributed by atoms with Crippen molar-refractivity contribution in [3.05, 3.63) is 35.6 Å². The first-order chi connectivity index (χ1) is 11.5. The largest absolute Gasteiger partial charge is 0.451 e. The molecule has 5 heteroatoms. The number of furan rings is 1. The van der Waals surface area contributed by atoms with Gasteiger partial charge in [0.25, 0.3) is 5.91 Å². The van der Waals surface area contributed by atoms with Gasteiger partial charge in [-0.2, -0.15) is 0 Å². The van der Waals surface area contributed by atoms with E-state index in [-0.39, 0.29) is 12.5 Å². The van der Waals surface area contributed by atoms with Crippen LogP contribution in [0.5, 0.6) is 0 Å². The number of benzene rings is 1. The Labute approximate surface area is 142 Å². The summed E-state index contributed by atoms with van der Waals surface area (Å²) in [5.74, 6) is 0.833. The third-order valence-corrected chi connectivity index (χ3v) is 4.89. The van der Waals surface area contributed by atoms with Crippen molar-refractivity contribution in [1.82, 2.24) is 10.2 Å². The average Bonchev–Trinajstić information content (AvgIpc) is 2.92. The molecule has 1 atom stereocenters. The predicted octanol–water partition coefficient (Wildman–Crippen LogP) is 2.56. The van der Waals surface area contributed by atoms with E-state index in [1.54, 1.807) is 0 Å². The summed E-state index contributed by atoms with van der Waals surface area (Å²) in [6.45, 7) is 7.03. The zero-order valence-corrected chi connectivity index (χ0v) is 14.4. The first-order valence-electron chi connectivity index (χ1n) is 8.71. The van der Waals surface area contributed by atoms with E-state index in [4.69, 9.17) is 4.42 Å².